The van der Waals surface area contributed by atoms with Gasteiger partial charge in [0.25, 0.3) is 0 Å². The molecule has 0 aromatic heterocycles. The van der Waals surface area contributed by atoms with Gasteiger partial charge in [0.05, 0.1) is 18.9 Å². The van der Waals surface area contributed by atoms with E-state index in [1.54, 1.807) is 13.1 Å². The lowest BCUT2D eigenvalue weighted by Crippen LogP contribution is -2.32. The fourth-order valence-electron chi connectivity index (χ4n) is 3.92. The molecule has 3 aromatic carbocycles. The second-order valence-corrected chi connectivity index (χ2v) is 7.72. The highest BCUT2D eigenvalue weighted by atomic mass is 16.6. The molecule has 0 unspecified atom stereocenters. The number of hydrogen-bond donors (Lipinski definition) is 1. The normalized spacial score (nSPS) is 12.2. The molecular formula is C26H28N2O4. The van der Waals surface area contributed by atoms with Crippen molar-refractivity contribution in [3.8, 4) is 16.9 Å². The lowest BCUT2D eigenvalue weighted by Gasteiger charge is -2.19. The molecule has 0 bridgehead atoms. The predicted molar refractivity (Wildman–Crippen MR) is 125 cm³/mol. The summed E-state index contributed by atoms with van der Waals surface area (Å²) in [5.41, 5.74) is 11.3. The second-order valence-electron chi connectivity index (χ2n) is 7.72. The van der Waals surface area contributed by atoms with E-state index in [-0.39, 0.29) is 12.0 Å². The Hall–Kier alpha value is -3.51. The summed E-state index contributed by atoms with van der Waals surface area (Å²) in [6, 6.07) is 23.9. The van der Waals surface area contributed by atoms with Gasteiger partial charge < -0.3 is 24.8 Å². The number of carbonyl (C=O) groups excluding carboxylic acids is 1. The molecule has 2 N–H and O–H groups in total. The summed E-state index contributed by atoms with van der Waals surface area (Å²) in [4.78, 5) is 14.0. The van der Waals surface area contributed by atoms with Crippen LogP contribution in [0, 0.1) is 0 Å². The first-order valence-corrected chi connectivity index (χ1v) is 10.8. The van der Waals surface area contributed by atoms with Crippen molar-refractivity contribution < 1.29 is 19.0 Å². The third kappa shape index (κ3) is 4.86. The van der Waals surface area contributed by atoms with Crippen molar-refractivity contribution in [2.75, 3.05) is 45.8 Å². The fraction of sp³-hybridized carbons (Fsp3) is 0.269. The van der Waals surface area contributed by atoms with E-state index < -0.39 is 0 Å². The first kappa shape index (κ1) is 21.7. The number of anilines is 1. The van der Waals surface area contributed by atoms with Crippen molar-refractivity contribution >= 4 is 11.8 Å². The molecular weight excluding hydrogens is 404 g/mol. The lowest BCUT2D eigenvalue weighted by atomic mass is 9.98. The molecule has 0 radical (unpaired) electrons. The van der Waals surface area contributed by atoms with Crippen LogP contribution >= 0.6 is 0 Å². The molecule has 0 spiro atoms. The van der Waals surface area contributed by atoms with Gasteiger partial charge in [-0.3, -0.25) is 0 Å². The van der Waals surface area contributed by atoms with E-state index >= 15 is 0 Å². The number of nitrogen functional groups attached to an aromatic ring is 1. The van der Waals surface area contributed by atoms with Crippen molar-refractivity contribution in [3.05, 3.63) is 83.9 Å². The highest BCUT2D eigenvalue weighted by Crippen LogP contribution is 2.44. The number of para-hydroxylation sites is 2. The molecule has 0 heterocycles. The van der Waals surface area contributed by atoms with Gasteiger partial charge in [-0.15, -0.1) is 0 Å². The molecule has 6 heteroatoms. The highest BCUT2D eigenvalue weighted by molar-refractivity contribution is 5.79. The summed E-state index contributed by atoms with van der Waals surface area (Å²) < 4.78 is 16.8. The van der Waals surface area contributed by atoms with Crippen LogP contribution in [0.3, 0.4) is 0 Å². The summed E-state index contributed by atoms with van der Waals surface area (Å²) >= 11 is 0. The zero-order valence-electron chi connectivity index (χ0n) is 18.2. The van der Waals surface area contributed by atoms with Gasteiger partial charge in [-0.05, 0) is 34.4 Å². The average molecular weight is 433 g/mol. The number of ether oxygens (including phenoxy) is 3. The van der Waals surface area contributed by atoms with Crippen LogP contribution in [0.5, 0.6) is 5.75 Å². The lowest BCUT2D eigenvalue weighted by molar-refractivity contribution is 0.0705. The van der Waals surface area contributed by atoms with E-state index in [9.17, 15) is 4.79 Å². The second kappa shape index (κ2) is 10.2. The van der Waals surface area contributed by atoms with Crippen molar-refractivity contribution in [3.63, 3.8) is 0 Å². The maximum Gasteiger partial charge on any atom is 0.409 e. The van der Waals surface area contributed by atoms with Crippen LogP contribution in [-0.4, -0.2) is 51.0 Å². The van der Waals surface area contributed by atoms with E-state index in [4.69, 9.17) is 19.9 Å². The molecule has 1 aliphatic rings. The Morgan fingerprint density at radius 1 is 0.875 bits per heavy atom. The van der Waals surface area contributed by atoms with Crippen molar-refractivity contribution in [2.24, 2.45) is 0 Å². The summed E-state index contributed by atoms with van der Waals surface area (Å²) in [5, 5.41) is 0. The molecule has 0 fully saturated rings. The van der Waals surface area contributed by atoms with Crippen LogP contribution in [0.15, 0.2) is 72.8 Å². The monoisotopic (exact) mass is 432 g/mol. The Morgan fingerprint density at radius 3 is 2.19 bits per heavy atom. The summed E-state index contributed by atoms with van der Waals surface area (Å²) in [5.74, 6) is 0.699. The highest BCUT2D eigenvalue weighted by Gasteiger charge is 2.29. The van der Waals surface area contributed by atoms with Crippen molar-refractivity contribution in [2.45, 2.75) is 5.92 Å². The minimum absolute atomic E-state index is 0.0542. The zero-order valence-corrected chi connectivity index (χ0v) is 18.2. The van der Waals surface area contributed by atoms with Gasteiger partial charge in [0, 0.05) is 19.5 Å². The average Bonchev–Trinajstić information content (AvgIpc) is 3.14. The molecule has 1 amide bonds. The number of fused-ring (bicyclic) bond motifs is 3. The van der Waals surface area contributed by atoms with Crippen LogP contribution in [-0.2, 0) is 9.47 Å². The molecule has 0 saturated carbocycles. The zero-order chi connectivity index (χ0) is 22.3. The number of benzene rings is 3. The largest absolute Gasteiger partial charge is 0.489 e. The molecule has 0 aliphatic heterocycles. The minimum Gasteiger partial charge on any atom is -0.489 e. The molecule has 3 aromatic rings. The van der Waals surface area contributed by atoms with Crippen molar-refractivity contribution in [1.82, 2.24) is 4.90 Å². The molecule has 1 aliphatic carbocycles. The molecule has 166 valence electrons. The number of amides is 1. The van der Waals surface area contributed by atoms with E-state index in [0.29, 0.717) is 44.4 Å². The van der Waals surface area contributed by atoms with Crippen LogP contribution in [0.4, 0.5) is 10.5 Å². The number of carbonyl (C=O) groups is 1. The summed E-state index contributed by atoms with van der Waals surface area (Å²) in [6.07, 6.45) is -0.358. The smallest absolute Gasteiger partial charge is 0.409 e. The SMILES string of the molecule is CN(CCOCCOc1ccccc1N)C(=O)OCC1c2ccccc2-c2ccccc21. The Balaban J connectivity index is 1.20. The molecule has 32 heavy (non-hydrogen) atoms. The number of hydrogen-bond acceptors (Lipinski definition) is 5. The predicted octanol–water partition coefficient (Wildman–Crippen LogP) is 4.55. The van der Waals surface area contributed by atoms with Gasteiger partial charge in [-0.2, -0.15) is 0 Å². The van der Waals surface area contributed by atoms with Crippen molar-refractivity contribution in [1.29, 1.82) is 0 Å². The number of likely N-dealkylation sites (N-methyl/N-ethyl adjacent to an activating group) is 1. The molecule has 0 atom stereocenters. The maximum absolute atomic E-state index is 12.5. The fourth-order valence-corrected chi connectivity index (χ4v) is 3.92. The van der Waals surface area contributed by atoms with Crippen LogP contribution in [0.25, 0.3) is 11.1 Å². The van der Waals surface area contributed by atoms with E-state index in [1.165, 1.54) is 27.2 Å². The van der Waals surface area contributed by atoms with Gasteiger partial charge in [-0.1, -0.05) is 60.7 Å². The first-order valence-electron chi connectivity index (χ1n) is 10.8. The molecule has 0 saturated heterocycles. The van der Waals surface area contributed by atoms with Gasteiger partial charge in [0.1, 0.15) is 19.0 Å². The van der Waals surface area contributed by atoms with Crippen LogP contribution in [0.2, 0.25) is 0 Å². The van der Waals surface area contributed by atoms with Gasteiger partial charge in [0.15, 0.2) is 0 Å². The minimum atomic E-state index is -0.358. The third-order valence-electron chi connectivity index (χ3n) is 5.62. The Kier molecular flexibility index (Phi) is 6.92. The van der Waals surface area contributed by atoms with Gasteiger partial charge in [0.2, 0.25) is 0 Å². The molecule has 4 rings (SSSR count). The molecule has 6 nitrogen and oxygen atoms in total. The topological polar surface area (TPSA) is 74.0 Å². The summed E-state index contributed by atoms with van der Waals surface area (Å²) in [7, 11) is 1.71. The van der Waals surface area contributed by atoms with Gasteiger partial charge in [-0.25, -0.2) is 4.79 Å². The van der Waals surface area contributed by atoms with Crippen LogP contribution < -0.4 is 10.5 Å². The first-order chi connectivity index (χ1) is 15.6. The summed E-state index contributed by atoms with van der Waals surface area (Å²) in [6.45, 7) is 1.94. The quantitative estimate of drug-likeness (QED) is 0.397. The maximum atomic E-state index is 12.5. The number of nitrogens with zero attached hydrogens (tertiary/aromatic N) is 1. The van der Waals surface area contributed by atoms with E-state index in [1.807, 2.05) is 42.5 Å². The van der Waals surface area contributed by atoms with Crippen LogP contribution in [0.1, 0.15) is 17.0 Å². The Labute approximate surface area is 188 Å². The third-order valence-corrected chi connectivity index (χ3v) is 5.62. The van der Waals surface area contributed by atoms with E-state index in [0.717, 1.165) is 0 Å². The Morgan fingerprint density at radius 2 is 1.50 bits per heavy atom. The standard InChI is InChI=1S/C26H28N2O4/c1-28(14-15-30-16-17-31-25-13-7-6-12-24(25)27)26(29)32-18-23-21-10-4-2-8-19(21)20-9-3-5-11-22(20)23/h2-13,23H,14-18,27H2,1H3. The Bertz CT molecular complexity index is 1020. The number of nitrogens with two attached hydrogens (primary N) is 1. The van der Waals surface area contributed by atoms with E-state index in [2.05, 4.69) is 24.3 Å². The van der Waals surface area contributed by atoms with Gasteiger partial charge >= 0.3 is 6.09 Å². The number of rotatable bonds is 9.